The normalized spacial score (nSPS) is 10.3. The average Bonchev–Trinajstić information content (AvgIpc) is 2.68. The van der Waals surface area contributed by atoms with Gasteiger partial charge in [-0.15, -0.1) is 0 Å². The minimum Gasteiger partial charge on any atom is -0.496 e. The molecule has 0 aliphatic rings. The molecule has 0 atom stereocenters. The Labute approximate surface area is 157 Å². The monoisotopic (exact) mass is 362 g/mol. The lowest BCUT2D eigenvalue weighted by atomic mass is 10.1. The molecule has 136 valence electrons. The highest BCUT2D eigenvalue weighted by molar-refractivity contribution is 6.03. The Morgan fingerprint density at radius 3 is 2.52 bits per heavy atom. The van der Waals surface area contributed by atoms with E-state index in [1.54, 1.807) is 48.5 Å². The van der Waals surface area contributed by atoms with Crippen LogP contribution in [0.15, 0.2) is 67.1 Å². The van der Waals surface area contributed by atoms with Gasteiger partial charge in [0, 0.05) is 11.6 Å². The third-order valence-electron chi connectivity index (χ3n) is 4.06. The largest absolute Gasteiger partial charge is 0.496 e. The van der Waals surface area contributed by atoms with Crippen LogP contribution in [0.4, 0.5) is 5.69 Å². The van der Waals surface area contributed by atoms with Gasteiger partial charge >= 0.3 is 0 Å². The molecule has 2 aromatic carbocycles. The molecule has 1 amide bonds. The second kappa shape index (κ2) is 8.23. The maximum atomic E-state index is 12.3. The Kier molecular flexibility index (Phi) is 5.56. The van der Waals surface area contributed by atoms with Crippen LogP contribution in [0.1, 0.15) is 17.3 Å². The van der Waals surface area contributed by atoms with Crippen molar-refractivity contribution >= 4 is 17.4 Å². The molecule has 1 aromatic heterocycles. The van der Waals surface area contributed by atoms with E-state index in [0.717, 1.165) is 17.0 Å². The van der Waals surface area contributed by atoms with Crippen LogP contribution in [-0.2, 0) is 11.3 Å². The number of carbonyl (C=O) groups excluding carboxylic acids is 2. The van der Waals surface area contributed by atoms with Gasteiger partial charge in [-0.05, 0) is 36.2 Å². The second-order valence-corrected chi connectivity index (χ2v) is 5.97. The quantitative estimate of drug-likeness (QED) is 0.541. The van der Waals surface area contributed by atoms with E-state index in [-0.39, 0.29) is 18.2 Å². The minimum absolute atomic E-state index is 0.0887. The van der Waals surface area contributed by atoms with Crippen LogP contribution in [0.5, 0.6) is 5.75 Å². The molecule has 3 aromatic rings. The summed E-state index contributed by atoms with van der Waals surface area (Å²) in [5.74, 6) is 0.406. The minimum atomic E-state index is -0.236. The fraction of sp³-hybridized carbons (Fsp3) is 0.143. The molecule has 6 heteroatoms. The Morgan fingerprint density at radius 1 is 1.07 bits per heavy atom. The Balaban J connectivity index is 1.72. The highest BCUT2D eigenvalue weighted by atomic mass is 16.5. The summed E-state index contributed by atoms with van der Waals surface area (Å²) in [6.07, 6.45) is 3.38. The van der Waals surface area contributed by atoms with Crippen molar-refractivity contribution < 1.29 is 18.9 Å². The summed E-state index contributed by atoms with van der Waals surface area (Å²) in [7, 11) is 1.62. The SMILES string of the molecule is COc1ccccc1-c1cc[n+](CC(=O)Nc2ccccc2C(C)=O)cn1. The fourth-order valence-electron chi connectivity index (χ4n) is 2.75. The molecule has 27 heavy (non-hydrogen) atoms. The van der Waals surface area contributed by atoms with E-state index in [4.69, 9.17) is 4.74 Å². The number of rotatable bonds is 6. The number of hydrogen-bond acceptors (Lipinski definition) is 4. The molecule has 0 aliphatic heterocycles. The number of ketones is 1. The molecule has 0 saturated carbocycles. The number of carbonyl (C=O) groups is 2. The number of nitrogens with one attached hydrogen (secondary N) is 1. The summed E-state index contributed by atoms with van der Waals surface area (Å²) in [5.41, 5.74) is 2.63. The molecule has 0 bridgehead atoms. The Bertz CT molecular complexity index is 968. The van der Waals surface area contributed by atoms with E-state index in [0.29, 0.717) is 11.3 Å². The van der Waals surface area contributed by atoms with Gasteiger partial charge in [0.25, 0.3) is 12.2 Å². The lowest BCUT2D eigenvalue weighted by Gasteiger charge is -2.08. The van der Waals surface area contributed by atoms with Crippen molar-refractivity contribution in [3.05, 3.63) is 72.7 Å². The van der Waals surface area contributed by atoms with E-state index in [2.05, 4.69) is 10.3 Å². The van der Waals surface area contributed by atoms with Crippen molar-refractivity contribution in [2.45, 2.75) is 13.5 Å². The van der Waals surface area contributed by atoms with Crippen LogP contribution in [0.25, 0.3) is 11.3 Å². The van der Waals surface area contributed by atoms with Crippen LogP contribution < -0.4 is 14.6 Å². The maximum Gasteiger partial charge on any atom is 0.287 e. The average molecular weight is 362 g/mol. The number of aromatic nitrogens is 2. The molecule has 3 rings (SSSR count). The maximum absolute atomic E-state index is 12.3. The van der Waals surface area contributed by atoms with Crippen LogP contribution in [-0.4, -0.2) is 23.8 Å². The first-order valence-corrected chi connectivity index (χ1v) is 8.47. The molecule has 0 unspecified atom stereocenters. The first kappa shape index (κ1) is 18.3. The molecular formula is C21H20N3O3+. The van der Waals surface area contributed by atoms with Gasteiger partial charge in [-0.2, -0.15) is 0 Å². The first-order valence-electron chi connectivity index (χ1n) is 8.47. The number of ether oxygens (including phenoxy) is 1. The molecule has 0 saturated heterocycles. The number of anilines is 1. The first-order chi connectivity index (χ1) is 13.1. The van der Waals surface area contributed by atoms with Gasteiger partial charge < -0.3 is 10.1 Å². The van der Waals surface area contributed by atoms with E-state index in [1.165, 1.54) is 6.92 Å². The molecule has 0 spiro atoms. The predicted molar refractivity (Wildman–Crippen MR) is 101 cm³/mol. The van der Waals surface area contributed by atoms with Gasteiger partial charge in [-0.25, -0.2) is 4.57 Å². The van der Waals surface area contributed by atoms with Crippen LogP contribution in [0, 0.1) is 0 Å². The summed E-state index contributed by atoms with van der Waals surface area (Å²) in [4.78, 5) is 28.4. The molecule has 1 heterocycles. The van der Waals surface area contributed by atoms with Crippen molar-refractivity contribution in [1.29, 1.82) is 0 Å². The smallest absolute Gasteiger partial charge is 0.287 e. The molecule has 1 N–H and O–H groups in total. The zero-order chi connectivity index (χ0) is 19.2. The molecule has 6 nitrogen and oxygen atoms in total. The van der Waals surface area contributed by atoms with Crippen molar-refractivity contribution in [2.24, 2.45) is 0 Å². The number of nitrogens with zero attached hydrogens (tertiary/aromatic N) is 2. The van der Waals surface area contributed by atoms with Crippen LogP contribution in [0.3, 0.4) is 0 Å². The summed E-state index contributed by atoms with van der Waals surface area (Å²) in [6, 6.07) is 16.4. The highest BCUT2D eigenvalue weighted by Gasteiger charge is 2.14. The number of methoxy groups -OCH3 is 1. The van der Waals surface area contributed by atoms with Crippen LogP contribution in [0.2, 0.25) is 0 Å². The third kappa shape index (κ3) is 4.36. The van der Waals surface area contributed by atoms with Crippen molar-refractivity contribution in [3.63, 3.8) is 0 Å². The molecule has 0 radical (unpaired) electrons. The lowest BCUT2D eigenvalue weighted by Crippen LogP contribution is -2.40. The van der Waals surface area contributed by atoms with E-state index < -0.39 is 0 Å². The summed E-state index contributed by atoms with van der Waals surface area (Å²) >= 11 is 0. The molecular weight excluding hydrogens is 342 g/mol. The topological polar surface area (TPSA) is 72.2 Å². The predicted octanol–water partition coefficient (Wildman–Crippen LogP) is 2.89. The second-order valence-electron chi connectivity index (χ2n) is 5.97. The number of amides is 1. The van der Waals surface area contributed by atoms with E-state index in [1.807, 2.05) is 30.3 Å². The van der Waals surface area contributed by atoms with Gasteiger partial charge in [0.05, 0.1) is 24.6 Å². The number of benzene rings is 2. The third-order valence-corrected chi connectivity index (χ3v) is 4.06. The number of Topliss-reactive ketones (excluding diaryl/α,β-unsaturated/α-hetero) is 1. The van der Waals surface area contributed by atoms with Crippen molar-refractivity contribution in [1.82, 2.24) is 4.98 Å². The molecule has 0 aliphatic carbocycles. The Hall–Kier alpha value is -3.54. The van der Waals surface area contributed by atoms with Crippen molar-refractivity contribution in [2.75, 3.05) is 12.4 Å². The number of hydrogen-bond donors (Lipinski definition) is 1. The summed E-state index contributed by atoms with van der Waals surface area (Å²) in [5, 5.41) is 2.78. The summed E-state index contributed by atoms with van der Waals surface area (Å²) in [6.45, 7) is 1.56. The van der Waals surface area contributed by atoms with Gasteiger partial charge in [0.1, 0.15) is 5.75 Å². The highest BCUT2D eigenvalue weighted by Crippen LogP contribution is 2.27. The zero-order valence-corrected chi connectivity index (χ0v) is 15.2. The lowest BCUT2D eigenvalue weighted by molar-refractivity contribution is -0.686. The zero-order valence-electron chi connectivity index (χ0n) is 15.2. The van der Waals surface area contributed by atoms with E-state index >= 15 is 0 Å². The van der Waals surface area contributed by atoms with E-state index in [9.17, 15) is 9.59 Å². The standard InChI is InChI=1S/C21H19N3O3/c1-15(25)16-7-3-5-9-19(16)23-21(26)13-24-12-11-18(22-14-24)17-8-4-6-10-20(17)27-2/h3-12,14H,13H2,1-2H3/p+1. The van der Waals surface area contributed by atoms with Crippen LogP contribution >= 0.6 is 0 Å². The summed E-state index contributed by atoms with van der Waals surface area (Å²) < 4.78 is 7.02. The van der Waals surface area contributed by atoms with Gasteiger partial charge in [0.15, 0.2) is 18.0 Å². The Morgan fingerprint density at radius 2 is 1.81 bits per heavy atom. The van der Waals surface area contributed by atoms with Crippen molar-refractivity contribution in [3.8, 4) is 17.0 Å². The van der Waals surface area contributed by atoms with Gasteiger partial charge in [-0.3, -0.25) is 9.59 Å². The van der Waals surface area contributed by atoms with Gasteiger partial charge in [0.2, 0.25) is 0 Å². The fourth-order valence-corrected chi connectivity index (χ4v) is 2.75. The van der Waals surface area contributed by atoms with Gasteiger partial charge in [-0.1, -0.05) is 24.3 Å². The molecule has 0 fully saturated rings. The number of para-hydroxylation sites is 2.